The first-order valence-electron chi connectivity index (χ1n) is 12.2. The van der Waals surface area contributed by atoms with Crippen LogP contribution in [0.2, 0.25) is 0 Å². The van der Waals surface area contributed by atoms with Gasteiger partial charge in [-0.25, -0.2) is 4.98 Å². The molecule has 1 amide bonds. The lowest BCUT2D eigenvalue weighted by Gasteiger charge is -2.38. The van der Waals surface area contributed by atoms with Crippen LogP contribution in [-0.4, -0.2) is 51.5 Å². The van der Waals surface area contributed by atoms with Gasteiger partial charge in [-0.05, 0) is 43.0 Å². The van der Waals surface area contributed by atoms with E-state index in [0.29, 0.717) is 38.0 Å². The van der Waals surface area contributed by atoms with Crippen LogP contribution >= 0.6 is 0 Å². The van der Waals surface area contributed by atoms with E-state index in [1.165, 1.54) is 5.56 Å². The van der Waals surface area contributed by atoms with Crippen LogP contribution in [0.5, 0.6) is 0 Å². The van der Waals surface area contributed by atoms with Crippen LogP contribution in [0.3, 0.4) is 0 Å². The number of hydrogen-bond acceptors (Lipinski definition) is 5. The zero-order valence-corrected chi connectivity index (χ0v) is 20.4. The quantitative estimate of drug-likeness (QED) is 0.428. The third-order valence-corrected chi connectivity index (χ3v) is 6.94. The molecule has 1 aromatic heterocycles. The van der Waals surface area contributed by atoms with Crippen molar-refractivity contribution in [3.8, 4) is 6.07 Å². The zero-order valence-electron chi connectivity index (χ0n) is 20.4. The third-order valence-electron chi connectivity index (χ3n) is 6.94. The Morgan fingerprint density at radius 2 is 1.86 bits per heavy atom. The van der Waals surface area contributed by atoms with Gasteiger partial charge in [0.05, 0.1) is 47.2 Å². The minimum absolute atomic E-state index is 0.170. The number of carbonyl (C=O) groups excluding carboxylic acids is 1. The van der Waals surface area contributed by atoms with E-state index in [1.807, 2.05) is 37.3 Å². The second-order valence-corrected chi connectivity index (χ2v) is 9.74. The third kappa shape index (κ3) is 6.18. The summed E-state index contributed by atoms with van der Waals surface area (Å²) in [5, 5.41) is 22.1. The standard InChI is InChI=1S/C28H31N5O3/c1-28(25-16-30-19-31-25,14-21-7-9-22(15-29)10-8-21)32-26(34)23-13-24(27(35)36)18-33(17-23)12-11-20-5-3-2-4-6-20/h2-10,16,19,23-24H,11-14,17-18H2,1H3,(H,30,31)(H,32,34)(H,35,36)/t23-,24+,28?/m0/s1. The molecule has 0 spiro atoms. The molecular weight excluding hydrogens is 454 g/mol. The lowest BCUT2D eigenvalue weighted by atomic mass is 9.85. The van der Waals surface area contributed by atoms with Crippen LogP contribution in [0.4, 0.5) is 0 Å². The maximum Gasteiger partial charge on any atom is 0.307 e. The van der Waals surface area contributed by atoms with Crippen molar-refractivity contribution in [2.24, 2.45) is 11.8 Å². The van der Waals surface area contributed by atoms with Crippen molar-refractivity contribution in [1.29, 1.82) is 5.26 Å². The molecule has 3 N–H and O–H groups in total. The van der Waals surface area contributed by atoms with E-state index in [1.54, 1.807) is 24.7 Å². The predicted molar refractivity (Wildman–Crippen MR) is 135 cm³/mol. The predicted octanol–water partition coefficient (Wildman–Crippen LogP) is 3.12. The van der Waals surface area contributed by atoms with Crippen LogP contribution < -0.4 is 5.32 Å². The van der Waals surface area contributed by atoms with Crippen molar-refractivity contribution in [3.63, 3.8) is 0 Å². The number of aliphatic carboxylic acids is 1. The van der Waals surface area contributed by atoms with Crippen molar-refractivity contribution in [3.05, 3.63) is 89.5 Å². The van der Waals surface area contributed by atoms with E-state index < -0.39 is 23.3 Å². The van der Waals surface area contributed by atoms with Gasteiger partial charge in [0.25, 0.3) is 0 Å². The van der Waals surface area contributed by atoms with Crippen LogP contribution in [0.15, 0.2) is 67.1 Å². The first-order valence-corrected chi connectivity index (χ1v) is 12.2. The second kappa shape index (κ2) is 11.2. The summed E-state index contributed by atoms with van der Waals surface area (Å²) in [5.74, 6) is -2.08. The molecule has 0 bridgehead atoms. The summed E-state index contributed by atoms with van der Waals surface area (Å²) >= 11 is 0. The Bertz CT molecular complexity index is 1200. The molecular formula is C28H31N5O3. The fourth-order valence-corrected chi connectivity index (χ4v) is 4.92. The highest BCUT2D eigenvalue weighted by molar-refractivity contribution is 5.81. The molecule has 8 nitrogen and oxygen atoms in total. The number of aromatic nitrogens is 2. The number of nitrogens with one attached hydrogen (secondary N) is 2. The Labute approximate surface area is 211 Å². The van der Waals surface area contributed by atoms with E-state index in [2.05, 4.69) is 38.4 Å². The van der Waals surface area contributed by atoms with Gasteiger partial charge >= 0.3 is 5.97 Å². The summed E-state index contributed by atoms with van der Waals surface area (Å²) in [4.78, 5) is 34.8. The zero-order chi connectivity index (χ0) is 25.5. The highest BCUT2D eigenvalue weighted by Crippen LogP contribution is 2.28. The average Bonchev–Trinajstić information content (AvgIpc) is 3.44. The normalized spacial score (nSPS) is 19.7. The maximum absolute atomic E-state index is 13.6. The number of likely N-dealkylation sites (tertiary alicyclic amines) is 1. The number of rotatable bonds is 9. The molecule has 1 fully saturated rings. The van der Waals surface area contributed by atoms with Crippen molar-refractivity contribution >= 4 is 11.9 Å². The molecule has 2 heterocycles. The summed E-state index contributed by atoms with van der Waals surface area (Å²) in [6.07, 6.45) is 4.85. The van der Waals surface area contributed by atoms with Crippen molar-refractivity contribution in [2.75, 3.05) is 19.6 Å². The van der Waals surface area contributed by atoms with Gasteiger partial charge < -0.3 is 20.3 Å². The lowest BCUT2D eigenvalue weighted by Crippen LogP contribution is -2.53. The molecule has 0 saturated carbocycles. The van der Waals surface area contributed by atoms with Gasteiger partial charge in [0.15, 0.2) is 0 Å². The van der Waals surface area contributed by atoms with E-state index in [9.17, 15) is 14.7 Å². The lowest BCUT2D eigenvalue weighted by molar-refractivity contribution is -0.145. The summed E-state index contributed by atoms with van der Waals surface area (Å²) in [7, 11) is 0. The van der Waals surface area contributed by atoms with E-state index in [4.69, 9.17) is 5.26 Å². The number of carbonyl (C=O) groups is 2. The van der Waals surface area contributed by atoms with Gasteiger partial charge in [0, 0.05) is 26.1 Å². The number of carboxylic acids is 1. The summed E-state index contributed by atoms with van der Waals surface area (Å²) in [6, 6.07) is 19.5. The SMILES string of the molecule is CC(Cc1ccc(C#N)cc1)(NC(=O)[C@H]1C[C@@H](C(=O)O)CN(CCc2ccccc2)C1)c1cnc[nH]1. The highest BCUT2D eigenvalue weighted by Gasteiger charge is 2.38. The fraction of sp³-hybridized carbons (Fsp3) is 0.357. The van der Waals surface area contributed by atoms with Gasteiger partial charge in [0.1, 0.15) is 0 Å². The van der Waals surface area contributed by atoms with Crippen molar-refractivity contribution in [1.82, 2.24) is 20.2 Å². The minimum atomic E-state index is -0.869. The van der Waals surface area contributed by atoms with E-state index in [-0.39, 0.29) is 5.91 Å². The smallest absolute Gasteiger partial charge is 0.307 e. The Morgan fingerprint density at radius 3 is 2.50 bits per heavy atom. The number of hydrogen-bond donors (Lipinski definition) is 3. The summed E-state index contributed by atoms with van der Waals surface area (Å²) in [5.41, 5.74) is 2.69. The molecule has 36 heavy (non-hydrogen) atoms. The van der Waals surface area contributed by atoms with Crippen molar-refractivity contribution in [2.45, 2.75) is 31.7 Å². The van der Waals surface area contributed by atoms with Crippen LogP contribution in [0.1, 0.15) is 35.7 Å². The monoisotopic (exact) mass is 485 g/mol. The fourth-order valence-electron chi connectivity index (χ4n) is 4.92. The van der Waals surface area contributed by atoms with E-state index >= 15 is 0 Å². The number of nitrogens with zero attached hydrogens (tertiary/aromatic N) is 3. The van der Waals surface area contributed by atoms with Crippen molar-refractivity contribution < 1.29 is 14.7 Å². The van der Waals surface area contributed by atoms with Crippen LogP contribution in [0.25, 0.3) is 0 Å². The van der Waals surface area contributed by atoms with E-state index in [0.717, 1.165) is 17.7 Å². The largest absolute Gasteiger partial charge is 0.481 e. The maximum atomic E-state index is 13.6. The molecule has 3 aromatic rings. The van der Waals surface area contributed by atoms with Gasteiger partial charge in [-0.2, -0.15) is 5.26 Å². The van der Waals surface area contributed by atoms with Crippen LogP contribution in [0, 0.1) is 23.2 Å². The number of amides is 1. The van der Waals surface area contributed by atoms with Gasteiger partial charge in [-0.15, -0.1) is 0 Å². The highest BCUT2D eigenvalue weighted by atomic mass is 16.4. The molecule has 0 aliphatic carbocycles. The number of carboxylic acid groups (broad SMARTS) is 1. The number of imidazole rings is 1. The molecule has 1 aliphatic heterocycles. The first-order chi connectivity index (χ1) is 17.4. The molecule has 186 valence electrons. The Morgan fingerprint density at radius 1 is 1.14 bits per heavy atom. The molecule has 1 aliphatic rings. The Hall–Kier alpha value is -3.96. The number of piperidine rings is 1. The summed E-state index contributed by atoms with van der Waals surface area (Å²) < 4.78 is 0. The average molecular weight is 486 g/mol. The molecule has 4 rings (SSSR count). The second-order valence-electron chi connectivity index (χ2n) is 9.74. The van der Waals surface area contributed by atoms with Gasteiger partial charge in [-0.1, -0.05) is 42.5 Å². The Balaban J connectivity index is 1.49. The number of nitriles is 1. The topological polar surface area (TPSA) is 122 Å². The molecule has 3 atom stereocenters. The number of benzene rings is 2. The minimum Gasteiger partial charge on any atom is -0.481 e. The van der Waals surface area contributed by atoms with Gasteiger partial charge in [-0.3, -0.25) is 9.59 Å². The number of aromatic amines is 1. The first kappa shape index (κ1) is 25.1. The summed E-state index contributed by atoms with van der Waals surface area (Å²) in [6.45, 7) is 3.58. The number of H-pyrrole nitrogens is 1. The molecule has 8 heteroatoms. The molecule has 1 saturated heterocycles. The molecule has 2 aromatic carbocycles. The van der Waals surface area contributed by atoms with Crippen LogP contribution in [-0.2, 0) is 28.0 Å². The Kier molecular flexibility index (Phi) is 7.81. The molecule has 0 radical (unpaired) electrons. The molecule has 1 unspecified atom stereocenters. The van der Waals surface area contributed by atoms with Gasteiger partial charge in [0.2, 0.25) is 5.91 Å².